The van der Waals surface area contributed by atoms with Crippen LogP contribution in [-0.2, 0) is 0 Å². The third-order valence-electron chi connectivity index (χ3n) is 3.07. The van der Waals surface area contributed by atoms with E-state index in [9.17, 15) is 5.11 Å². The molecule has 0 fully saturated rings. The Balaban J connectivity index is 2.67. The molecule has 1 rings (SSSR count). The van der Waals surface area contributed by atoms with E-state index in [4.69, 9.17) is 4.74 Å². The van der Waals surface area contributed by atoms with Gasteiger partial charge in [0.15, 0.2) is 0 Å². The van der Waals surface area contributed by atoms with Gasteiger partial charge in [0.25, 0.3) is 0 Å². The summed E-state index contributed by atoms with van der Waals surface area (Å²) in [7, 11) is 0. The van der Waals surface area contributed by atoms with Crippen molar-refractivity contribution in [3.63, 3.8) is 0 Å². The molecule has 0 aliphatic heterocycles. The summed E-state index contributed by atoms with van der Waals surface area (Å²) in [6, 6.07) is 7.84. The van der Waals surface area contributed by atoms with E-state index in [2.05, 4.69) is 19.2 Å². The highest BCUT2D eigenvalue weighted by Crippen LogP contribution is 2.22. The fourth-order valence-corrected chi connectivity index (χ4v) is 2.06. The lowest BCUT2D eigenvalue weighted by Gasteiger charge is -2.23. The van der Waals surface area contributed by atoms with Crippen LogP contribution >= 0.6 is 0 Å². The standard InChI is InChI=1S/C16H27NO2/c1-5-11-17-15(6-2)16(18)13-7-9-14(10-8-13)19-12(3)4/h7-10,12,15-18H,5-6,11H2,1-4H3. The monoisotopic (exact) mass is 265 g/mol. The zero-order valence-electron chi connectivity index (χ0n) is 12.5. The zero-order chi connectivity index (χ0) is 14.3. The summed E-state index contributed by atoms with van der Waals surface area (Å²) in [5.41, 5.74) is 0.937. The third-order valence-corrected chi connectivity index (χ3v) is 3.07. The number of nitrogens with one attached hydrogen (secondary N) is 1. The Hall–Kier alpha value is -1.06. The minimum atomic E-state index is -0.468. The van der Waals surface area contributed by atoms with E-state index in [0.717, 1.165) is 30.7 Å². The molecular formula is C16H27NO2. The van der Waals surface area contributed by atoms with Crippen LogP contribution in [0.3, 0.4) is 0 Å². The lowest BCUT2D eigenvalue weighted by molar-refractivity contribution is 0.126. The molecule has 0 radical (unpaired) electrons. The number of benzene rings is 1. The molecule has 0 saturated carbocycles. The molecule has 2 atom stereocenters. The van der Waals surface area contributed by atoms with Crippen LogP contribution in [0.25, 0.3) is 0 Å². The van der Waals surface area contributed by atoms with E-state index in [1.165, 1.54) is 0 Å². The maximum atomic E-state index is 10.4. The van der Waals surface area contributed by atoms with Crippen LogP contribution in [0.5, 0.6) is 5.75 Å². The summed E-state index contributed by atoms with van der Waals surface area (Å²) < 4.78 is 5.60. The molecule has 1 aromatic rings. The predicted molar refractivity (Wildman–Crippen MR) is 79.5 cm³/mol. The van der Waals surface area contributed by atoms with Crippen LogP contribution in [-0.4, -0.2) is 23.8 Å². The fraction of sp³-hybridized carbons (Fsp3) is 0.625. The molecule has 0 heterocycles. The molecule has 1 aromatic carbocycles. The quantitative estimate of drug-likeness (QED) is 0.758. The maximum absolute atomic E-state index is 10.4. The van der Waals surface area contributed by atoms with Gasteiger partial charge in [-0.25, -0.2) is 0 Å². The summed E-state index contributed by atoms with van der Waals surface area (Å²) in [6.45, 7) is 9.16. The zero-order valence-corrected chi connectivity index (χ0v) is 12.5. The highest BCUT2D eigenvalue weighted by Gasteiger charge is 2.18. The first-order chi connectivity index (χ1) is 9.08. The third kappa shape index (κ3) is 5.21. The van der Waals surface area contributed by atoms with Crippen molar-refractivity contribution in [3.8, 4) is 5.75 Å². The Kier molecular flexibility index (Phi) is 6.89. The Bertz CT molecular complexity index is 348. The fourth-order valence-electron chi connectivity index (χ4n) is 2.06. The van der Waals surface area contributed by atoms with Crippen LogP contribution < -0.4 is 10.1 Å². The lowest BCUT2D eigenvalue weighted by Crippen LogP contribution is -2.34. The second kappa shape index (κ2) is 8.18. The topological polar surface area (TPSA) is 41.5 Å². The summed E-state index contributed by atoms with van der Waals surface area (Å²) in [6.07, 6.45) is 1.69. The highest BCUT2D eigenvalue weighted by molar-refractivity contribution is 5.29. The minimum absolute atomic E-state index is 0.108. The van der Waals surface area contributed by atoms with E-state index >= 15 is 0 Å². The molecule has 0 bridgehead atoms. The van der Waals surface area contributed by atoms with Gasteiger partial charge in [0, 0.05) is 6.04 Å². The Morgan fingerprint density at radius 1 is 1.16 bits per heavy atom. The van der Waals surface area contributed by atoms with Crippen molar-refractivity contribution in [2.75, 3.05) is 6.54 Å². The molecule has 108 valence electrons. The van der Waals surface area contributed by atoms with Crippen molar-refractivity contribution >= 4 is 0 Å². The van der Waals surface area contributed by atoms with Gasteiger partial charge >= 0.3 is 0 Å². The molecule has 0 aliphatic rings. The summed E-state index contributed by atoms with van der Waals surface area (Å²) in [5.74, 6) is 0.848. The maximum Gasteiger partial charge on any atom is 0.119 e. The molecule has 0 aliphatic carbocycles. The van der Waals surface area contributed by atoms with Crippen LogP contribution in [0.1, 0.15) is 52.2 Å². The number of hydrogen-bond donors (Lipinski definition) is 2. The van der Waals surface area contributed by atoms with E-state index in [1.807, 2.05) is 38.1 Å². The van der Waals surface area contributed by atoms with Gasteiger partial charge in [-0.2, -0.15) is 0 Å². The van der Waals surface area contributed by atoms with Crippen molar-refractivity contribution in [3.05, 3.63) is 29.8 Å². The molecule has 2 N–H and O–H groups in total. The Morgan fingerprint density at radius 2 is 1.79 bits per heavy atom. The SMILES string of the molecule is CCCNC(CC)C(O)c1ccc(OC(C)C)cc1. The van der Waals surface area contributed by atoms with Gasteiger partial charge in [-0.3, -0.25) is 0 Å². The molecular weight excluding hydrogens is 238 g/mol. The lowest BCUT2D eigenvalue weighted by atomic mass is 10.00. The molecule has 0 amide bonds. The number of hydrogen-bond acceptors (Lipinski definition) is 3. The van der Waals surface area contributed by atoms with Crippen LogP contribution in [0.15, 0.2) is 24.3 Å². The number of aliphatic hydroxyl groups is 1. The normalized spacial score (nSPS) is 14.4. The molecule has 0 aromatic heterocycles. The van der Waals surface area contributed by atoms with E-state index < -0.39 is 6.10 Å². The number of aliphatic hydroxyl groups excluding tert-OH is 1. The van der Waals surface area contributed by atoms with Crippen molar-refractivity contribution in [1.29, 1.82) is 0 Å². The molecule has 0 saturated heterocycles. The molecule has 0 spiro atoms. The highest BCUT2D eigenvalue weighted by atomic mass is 16.5. The number of rotatable bonds is 8. The molecule has 19 heavy (non-hydrogen) atoms. The van der Waals surface area contributed by atoms with Crippen molar-refractivity contribution < 1.29 is 9.84 Å². The van der Waals surface area contributed by atoms with Gasteiger partial charge in [-0.05, 0) is 50.9 Å². The predicted octanol–water partition coefficient (Wildman–Crippen LogP) is 3.29. The summed E-state index contributed by atoms with van der Waals surface area (Å²) >= 11 is 0. The second-order valence-corrected chi connectivity index (χ2v) is 5.15. The van der Waals surface area contributed by atoms with Gasteiger partial charge in [-0.15, -0.1) is 0 Å². The van der Waals surface area contributed by atoms with Crippen molar-refractivity contribution in [1.82, 2.24) is 5.32 Å². The molecule has 2 unspecified atom stereocenters. The van der Waals surface area contributed by atoms with E-state index in [-0.39, 0.29) is 12.1 Å². The van der Waals surface area contributed by atoms with Gasteiger partial charge in [-0.1, -0.05) is 26.0 Å². The number of ether oxygens (including phenoxy) is 1. The average molecular weight is 265 g/mol. The van der Waals surface area contributed by atoms with Gasteiger partial charge in [0.1, 0.15) is 5.75 Å². The largest absolute Gasteiger partial charge is 0.491 e. The van der Waals surface area contributed by atoms with Gasteiger partial charge < -0.3 is 15.2 Å². The Labute approximate surface area is 117 Å². The molecule has 3 nitrogen and oxygen atoms in total. The van der Waals surface area contributed by atoms with E-state index in [1.54, 1.807) is 0 Å². The van der Waals surface area contributed by atoms with Gasteiger partial charge in [0.05, 0.1) is 12.2 Å². The average Bonchev–Trinajstić information content (AvgIpc) is 2.39. The smallest absolute Gasteiger partial charge is 0.119 e. The minimum Gasteiger partial charge on any atom is -0.491 e. The van der Waals surface area contributed by atoms with Crippen LogP contribution in [0, 0.1) is 0 Å². The molecule has 3 heteroatoms. The van der Waals surface area contributed by atoms with Crippen LogP contribution in [0.2, 0.25) is 0 Å². The van der Waals surface area contributed by atoms with Crippen LogP contribution in [0.4, 0.5) is 0 Å². The summed E-state index contributed by atoms with van der Waals surface area (Å²) in [4.78, 5) is 0. The first kappa shape index (κ1) is 16.0. The first-order valence-corrected chi connectivity index (χ1v) is 7.26. The first-order valence-electron chi connectivity index (χ1n) is 7.26. The summed E-state index contributed by atoms with van der Waals surface area (Å²) in [5, 5.41) is 13.8. The van der Waals surface area contributed by atoms with Crippen molar-refractivity contribution in [2.45, 2.75) is 58.8 Å². The van der Waals surface area contributed by atoms with Gasteiger partial charge in [0.2, 0.25) is 0 Å². The van der Waals surface area contributed by atoms with E-state index in [0.29, 0.717) is 0 Å². The van der Waals surface area contributed by atoms with Crippen molar-refractivity contribution in [2.24, 2.45) is 0 Å². The Morgan fingerprint density at radius 3 is 2.26 bits per heavy atom. The second-order valence-electron chi connectivity index (χ2n) is 5.15.